The first-order valence-corrected chi connectivity index (χ1v) is 5.67. The van der Waals surface area contributed by atoms with Crippen molar-refractivity contribution >= 4 is 0 Å². The molecule has 0 unspecified atom stereocenters. The second kappa shape index (κ2) is 3.39. The van der Waals surface area contributed by atoms with Gasteiger partial charge in [0.05, 0.1) is 6.33 Å². The molecule has 0 bridgehead atoms. The lowest BCUT2D eigenvalue weighted by atomic mass is 9.95. The maximum Gasteiger partial charge on any atom is 0.0950 e. The molecule has 1 aromatic heterocycles. The lowest BCUT2D eigenvalue weighted by molar-refractivity contribution is 0.439. The van der Waals surface area contributed by atoms with Crippen molar-refractivity contribution in [1.82, 2.24) is 14.9 Å². The SMILES string of the molecule is c1ncn(C2CC2)c1C1CCNCC1. The highest BCUT2D eigenvalue weighted by Crippen LogP contribution is 2.38. The molecule has 2 aliphatic rings. The first-order valence-electron chi connectivity index (χ1n) is 5.67. The van der Waals surface area contributed by atoms with Gasteiger partial charge in [0.25, 0.3) is 0 Å². The Balaban J connectivity index is 1.82. The third kappa shape index (κ3) is 1.46. The third-order valence-electron chi connectivity index (χ3n) is 3.39. The zero-order valence-electron chi connectivity index (χ0n) is 8.45. The lowest BCUT2D eigenvalue weighted by Gasteiger charge is -2.23. The number of hydrogen-bond donors (Lipinski definition) is 1. The quantitative estimate of drug-likeness (QED) is 0.771. The van der Waals surface area contributed by atoms with E-state index in [9.17, 15) is 0 Å². The summed E-state index contributed by atoms with van der Waals surface area (Å²) >= 11 is 0. The summed E-state index contributed by atoms with van der Waals surface area (Å²) in [7, 11) is 0. The predicted molar refractivity (Wildman–Crippen MR) is 55.3 cm³/mol. The molecule has 3 heteroatoms. The molecule has 0 radical (unpaired) electrons. The van der Waals surface area contributed by atoms with Crippen molar-refractivity contribution in [3.63, 3.8) is 0 Å². The van der Waals surface area contributed by atoms with Gasteiger partial charge in [0.15, 0.2) is 0 Å². The Morgan fingerprint density at radius 3 is 2.71 bits per heavy atom. The van der Waals surface area contributed by atoms with Crippen molar-refractivity contribution in [1.29, 1.82) is 0 Å². The Kier molecular flexibility index (Phi) is 2.05. The minimum absolute atomic E-state index is 0.749. The largest absolute Gasteiger partial charge is 0.331 e. The Hall–Kier alpha value is -0.830. The van der Waals surface area contributed by atoms with Crippen LogP contribution in [0.1, 0.15) is 43.3 Å². The molecule has 0 amide bonds. The van der Waals surface area contributed by atoms with E-state index in [2.05, 4.69) is 21.1 Å². The number of imidazole rings is 1. The number of rotatable bonds is 2. The number of nitrogens with one attached hydrogen (secondary N) is 1. The van der Waals surface area contributed by atoms with E-state index in [1.807, 2.05) is 6.33 Å². The van der Waals surface area contributed by atoms with Gasteiger partial charge in [0, 0.05) is 23.9 Å². The van der Waals surface area contributed by atoms with Crippen LogP contribution in [-0.2, 0) is 0 Å². The minimum atomic E-state index is 0.749. The van der Waals surface area contributed by atoms with Crippen LogP contribution in [0.15, 0.2) is 12.5 Å². The summed E-state index contributed by atoms with van der Waals surface area (Å²) in [5, 5.41) is 3.41. The Morgan fingerprint density at radius 2 is 2.00 bits per heavy atom. The molecule has 0 aromatic carbocycles. The van der Waals surface area contributed by atoms with Crippen molar-refractivity contribution in [3.8, 4) is 0 Å². The molecular formula is C11H17N3. The summed E-state index contributed by atoms with van der Waals surface area (Å²) in [6.45, 7) is 2.33. The van der Waals surface area contributed by atoms with Gasteiger partial charge in [0.1, 0.15) is 0 Å². The molecule has 1 saturated heterocycles. The summed E-state index contributed by atoms with van der Waals surface area (Å²) in [5.41, 5.74) is 1.48. The minimum Gasteiger partial charge on any atom is -0.331 e. The summed E-state index contributed by atoms with van der Waals surface area (Å²) in [6, 6.07) is 0.780. The maximum absolute atomic E-state index is 4.30. The summed E-state index contributed by atoms with van der Waals surface area (Å²) in [6.07, 6.45) is 9.36. The fourth-order valence-corrected chi connectivity index (χ4v) is 2.41. The van der Waals surface area contributed by atoms with Crippen LogP contribution >= 0.6 is 0 Å². The van der Waals surface area contributed by atoms with E-state index in [4.69, 9.17) is 0 Å². The first-order chi connectivity index (χ1) is 6.95. The van der Waals surface area contributed by atoms with Crippen molar-refractivity contribution in [3.05, 3.63) is 18.2 Å². The normalized spacial score (nSPS) is 24.0. The van der Waals surface area contributed by atoms with Crippen LogP contribution in [0.5, 0.6) is 0 Å². The van der Waals surface area contributed by atoms with Gasteiger partial charge in [-0.25, -0.2) is 4.98 Å². The average molecular weight is 191 g/mol. The van der Waals surface area contributed by atoms with Gasteiger partial charge < -0.3 is 9.88 Å². The van der Waals surface area contributed by atoms with Gasteiger partial charge >= 0.3 is 0 Å². The molecule has 3 rings (SSSR count). The van der Waals surface area contributed by atoms with Crippen LogP contribution < -0.4 is 5.32 Å². The van der Waals surface area contributed by atoms with Gasteiger partial charge in [-0.15, -0.1) is 0 Å². The number of piperidine rings is 1. The molecule has 2 heterocycles. The highest BCUT2D eigenvalue weighted by Gasteiger charge is 2.28. The van der Waals surface area contributed by atoms with E-state index in [0.29, 0.717) is 0 Å². The molecule has 2 fully saturated rings. The molecule has 1 aliphatic heterocycles. The molecule has 1 aromatic rings. The van der Waals surface area contributed by atoms with Crippen LogP contribution in [0.4, 0.5) is 0 Å². The molecule has 1 saturated carbocycles. The fourth-order valence-electron chi connectivity index (χ4n) is 2.41. The summed E-state index contributed by atoms with van der Waals surface area (Å²) in [4.78, 5) is 4.30. The monoisotopic (exact) mass is 191 g/mol. The second-order valence-corrected chi connectivity index (χ2v) is 4.48. The Bertz CT molecular complexity index is 308. The number of hydrogen-bond acceptors (Lipinski definition) is 2. The molecule has 3 nitrogen and oxygen atoms in total. The zero-order valence-corrected chi connectivity index (χ0v) is 8.45. The van der Waals surface area contributed by atoms with Gasteiger partial charge in [0.2, 0.25) is 0 Å². The van der Waals surface area contributed by atoms with Crippen LogP contribution in [0.2, 0.25) is 0 Å². The molecule has 1 N–H and O–H groups in total. The molecule has 76 valence electrons. The molecule has 1 aliphatic carbocycles. The first kappa shape index (κ1) is 8.48. The number of aromatic nitrogens is 2. The van der Waals surface area contributed by atoms with Crippen LogP contribution in [-0.4, -0.2) is 22.6 Å². The topological polar surface area (TPSA) is 29.9 Å². The highest BCUT2D eigenvalue weighted by molar-refractivity contribution is 5.10. The van der Waals surface area contributed by atoms with E-state index in [-0.39, 0.29) is 0 Å². The Morgan fingerprint density at radius 1 is 1.21 bits per heavy atom. The standard InChI is InChI=1S/C11H17N3/c1-2-10(1)14-8-13-7-11(14)9-3-5-12-6-4-9/h7-10,12H,1-6H2. The van der Waals surface area contributed by atoms with Crippen molar-refractivity contribution in [2.24, 2.45) is 0 Å². The zero-order chi connectivity index (χ0) is 9.38. The van der Waals surface area contributed by atoms with E-state index in [0.717, 1.165) is 12.0 Å². The van der Waals surface area contributed by atoms with Gasteiger partial charge in [-0.1, -0.05) is 0 Å². The molecule has 14 heavy (non-hydrogen) atoms. The smallest absolute Gasteiger partial charge is 0.0950 e. The van der Waals surface area contributed by atoms with Crippen LogP contribution in [0.3, 0.4) is 0 Å². The van der Waals surface area contributed by atoms with Gasteiger partial charge in [-0.05, 0) is 38.8 Å². The summed E-state index contributed by atoms with van der Waals surface area (Å²) in [5.74, 6) is 0.749. The van der Waals surface area contributed by atoms with Gasteiger partial charge in [-0.3, -0.25) is 0 Å². The van der Waals surface area contributed by atoms with E-state index >= 15 is 0 Å². The maximum atomic E-state index is 4.30. The lowest BCUT2D eigenvalue weighted by Crippen LogP contribution is -2.27. The van der Waals surface area contributed by atoms with Crippen molar-refractivity contribution < 1.29 is 0 Å². The Labute approximate surface area is 84.5 Å². The second-order valence-electron chi connectivity index (χ2n) is 4.48. The molecular weight excluding hydrogens is 174 g/mol. The number of nitrogens with zero attached hydrogens (tertiary/aromatic N) is 2. The summed E-state index contributed by atoms with van der Waals surface area (Å²) < 4.78 is 2.41. The average Bonchev–Trinajstić information content (AvgIpc) is 2.98. The van der Waals surface area contributed by atoms with Crippen molar-refractivity contribution in [2.45, 2.75) is 37.6 Å². The van der Waals surface area contributed by atoms with Crippen molar-refractivity contribution in [2.75, 3.05) is 13.1 Å². The highest BCUT2D eigenvalue weighted by atomic mass is 15.1. The van der Waals surface area contributed by atoms with E-state index in [1.54, 1.807) is 0 Å². The van der Waals surface area contributed by atoms with Crippen LogP contribution in [0, 0.1) is 0 Å². The molecule has 0 spiro atoms. The predicted octanol–water partition coefficient (Wildman–Crippen LogP) is 1.69. The van der Waals surface area contributed by atoms with Gasteiger partial charge in [-0.2, -0.15) is 0 Å². The molecule has 0 atom stereocenters. The van der Waals surface area contributed by atoms with E-state index < -0.39 is 0 Å². The van der Waals surface area contributed by atoms with E-state index in [1.165, 1.54) is 44.5 Å². The van der Waals surface area contributed by atoms with Crippen LogP contribution in [0.25, 0.3) is 0 Å². The third-order valence-corrected chi connectivity index (χ3v) is 3.39. The fraction of sp³-hybridized carbons (Fsp3) is 0.727.